The lowest BCUT2D eigenvalue weighted by Crippen LogP contribution is -2.41. The van der Waals surface area contributed by atoms with Crippen molar-refractivity contribution in [3.05, 3.63) is 28.2 Å². The van der Waals surface area contributed by atoms with Crippen LogP contribution in [0.5, 0.6) is 0 Å². The monoisotopic (exact) mass is 312 g/mol. The number of aryl methyl sites for hydroxylation is 1. The van der Waals surface area contributed by atoms with Crippen LogP contribution < -0.4 is 10.6 Å². The normalized spacial score (nSPS) is 12.3. The highest BCUT2D eigenvalue weighted by Crippen LogP contribution is 2.22. The molecule has 0 fully saturated rings. The second-order valence-electron chi connectivity index (χ2n) is 4.68. The lowest BCUT2D eigenvalue weighted by molar-refractivity contribution is -0.122. The molecule has 0 aliphatic heterocycles. The molecule has 1 rings (SSSR count). The highest BCUT2D eigenvalue weighted by atomic mass is 79.9. The molecule has 1 atom stereocenters. The van der Waals surface area contributed by atoms with E-state index in [1.165, 1.54) is 5.56 Å². The summed E-state index contributed by atoms with van der Waals surface area (Å²) in [7, 11) is 0. The van der Waals surface area contributed by atoms with Crippen LogP contribution in [0.25, 0.3) is 0 Å². The summed E-state index contributed by atoms with van der Waals surface area (Å²) in [5, 5.41) is 6.16. The molecular weight excluding hydrogens is 292 g/mol. The molecule has 0 bridgehead atoms. The second-order valence-corrected chi connectivity index (χ2v) is 5.60. The Balaban J connectivity index is 2.75. The highest BCUT2D eigenvalue weighted by molar-refractivity contribution is 9.10. The average Bonchev–Trinajstić information content (AvgIpc) is 2.30. The summed E-state index contributed by atoms with van der Waals surface area (Å²) in [5.74, 6) is 0.0231. The predicted molar refractivity (Wildman–Crippen MR) is 79.9 cm³/mol. The van der Waals surface area contributed by atoms with Gasteiger partial charge >= 0.3 is 0 Å². The van der Waals surface area contributed by atoms with E-state index in [4.69, 9.17) is 0 Å². The summed E-state index contributed by atoms with van der Waals surface area (Å²) in [6.45, 7) is 7.90. The number of hydrogen-bond donors (Lipinski definition) is 2. The van der Waals surface area contributed by atoms with E-state index in [1.54, 1.807) is 0 Å². The van der Waals surface area contributed by atoms with Gasteiger partial charge in [-0.3, -0.25) is 4.79 Å². The molecule has 1 aromatic rings. The zero-order valence-corrected chi connectivity index (χ0v) is 13.0. The van der Waals surface area contributed by atoms with E-state index in [9.17, 15) is 4.79 Å². The van der Waals surface area contributed by atoms with Crippen molar-refractivity contribution in [1.82, 2.24) is 5.32 Å². The molecule has 1 aromatic carbocycles. The standard InChI is InChI=1S/C14H21BrN2O/c1-5-11-8-12(15)6-7-13(11)17-10(4)14(18)16-9(2)3/h6-10,17H,5H2,1-4H3,(H,16,18). The molecule has 100 valence electrons. The molecule has 0 saturated carbocycles. The van der Waals surface area contributed by atoms with Crippen molar-refractivity contribution in [2.24, 2.45) is 0 Å². The number of benzene rings is 1. The topological polar surface area (TPSA) is 41.1 Å². The molecule has 0 aliphatic carbocycles. The van der Waals surface area contributed by atoms with Crippen LogP contribution in [-0.4, -0.2) is 18.0 Å². The van der Waals surface area contributed by atoms with E-state index in [2.05, 4.69) is 39.6 Å². The number of amides is 1. The molecule has 3 nitrogen and oxygen atoms in total. The number of nitrogens with one attached hydrogen (secondary N) is 2. The second kappa shape index (κ2) is 6.78. The first-order chi connectivity index (χ1) is 8.43. The molecule has 0 aliphatic rings. The average molecular weight is 313 g/mol. The Morgan fingerprint density at radius 3 is 2.56 bits per heavy atom. The van der Waals surface area contributed by atoms with E-state index in [0.29, 0.717) is 0 Å². The van der Waals surface area contributed by atoms with E-state index in [0.717, 1.165) is 16.6 Å². The number of halogens is 1. The first-order valence-electron chi connectivity index (χ1n) is 6.29. The van der Waals surface area contributed by atoms with Gasteiger partial charge in [0, 0.05) is 16.2 Å². The fourth-order valence-corrected chi connectivity index (χ4v) is 2.11. The summed E-state index contributed by atoms with van der Waals surface area (Å²) in [4.78, 5) is 11.8. The minimum Gasteiger partial charge on any atom is -0.374 e. The number of anilines is 1. The van der Waals surface area contributed by atoms with Crippen LogP contribution in [0.3, 0.4) is 0 Å². The lowest BCUT2D eigenvalue weighted by Gasteiger charge is -2.19. The maximum atomic E-state index is 11.8. The van der Waals surface area contributed by atoms with E-state index >= 15 is 0 Å². The van der Waals surface area contributed by atoms with E-state index in [1.807, 2.05) is 32.9 Å². The Bertz CT molecular complexity index is 418. The fourth-order valence-electron chi connectivity index (χ4n) is 1.70. The third-order valence-electron chi connectivity index (χ3n) is 2.64. The quantitative estimate of drug-likeness (QED) is 0.875. The van der Waals surface area contributed by atoms with Crippen molar-refractivity contribution in [1.29, 1.82) is 0 Å². The van der Waals surface area contributed by atoms with Gasteiger partial charge in [-0.2, -0.15) is 0 Å². The zero-order valence-electron chi connectivity index (χ0n) is 11.4. The van der Waals surface area contributed by atoms with Crippen molar-refractivity contribution >= 4 is 27.5 Å². The van der Waals surface area contributed by atoms with E-state index < -0.39 is 0 Å². The maximum Gasteiger partial charge on any atom is 0.242 e. The minimum absolute atomic E-state index is 0.0231. The number of hydrogen-bond acceptors (Lipinski definition) is 2. The summed E-state index contributed by atoms with van der Waals surface area (Å²) < 4.78 is 1.06. The maximum absolute atomic E-state index is 11.8. The molecule has 0 heterocycles. The smallest absolute Gasteiger partial charge is 0.242 e. The van der Waals surface area contributed by atoms with Crippen molar-refractivity contribution in [2.75, 3.05) is 5.32 Å². The van der Waals surface area contributed by atoms with Gasteiger partial charge in [-0.05, 0) is 51.0 Å². The molecule has 0 radical (unpaired) electrons. The zero-order chi connectivity index (χ0) is 13.7. The van der Waals surface area contributed by atoms with Gasteiger partial charge in [0.25, 0.3) is 0 Å². The van der Waals surface area contributed by atoms with Crippen LogP contribution >= 0.6 is 15.9 Å². The molecule has 2 N–H and O–H groups in total. The van der Waals surface area contributed by atoms with Crippen molar-refractivity contribution < 1.29 is 4.79 Å². The van der Waals surface area contributed by atoms with Crippen LogP contribution in [0, 0.1) is 0 Å². The number of carbonyl (C=O) groups is 1. The van der Waals surface area contributed by atoms with Gasteiger partial charge in [-0.25, -0.2) is 0 Å². The molecule has 0 spiro atoms. The summed E-state index contributed by atoms with van der Waals surface area (Å²) in [6.07, 6.45) is 0.931. The van der Waals surface area contributed by atoms with Gasteiger partial charge in [0.1, 0.15) is 6.04 Å². The lowest BCUT2D eigenvalue weighted by atomic mass is 10.1. The third kappa shape index (κ3) is 4.33. The Morgan fingerprint density at radius 2 is 2.00 bits per heavy atom. The summed E-state index contributed by atoms with van der Waals surface area (Å²) in [5.41, 5.74) is 2.22. The Kier molecular flexibility index (Phi) is 5.66. The van der Waals surface area contributed by atoms with Crippen molar-refractivity contribution in [3.8, 4) is 0 Å². The van der Waals surface area contributed by atoms with Gasteiger partial charge in [-0.1, -0.05) is 22.9 Å². The Morgan fingerprint density at radius 1 is 1.33 bits per heavy atom. The SMILES string of the molecule is CCc1cc(Br)ccc1NC(C)C(=O)NC(C)C. The fraction of sp³-hybridized carbons (Fsp3) is 0.500. The predicted octanol–water partition coefficient (Wildman–Crippen LogP) is 3.34. The highest BCUT2D eigenvalue weighted by Gasteiger charge is 2.14. The van der Waals surface area contributed by atoms with Gasteiger partial charge in [-0.15, -0.1) is 0 Å². The summed E-state index contributed by atoms with van der Waals surface area (Å²) in [6, 6.07) is 5.99. The van der Waals surface area contributed by atoms with Crippen LogP contribution in [-0.2, 0) is 11.2 Å². The number of rotatable bonds is 5. The number of carbonyl (C=O) groups excluding carboxylic acids is 1. The largest absolute Gasteiger partial charge is 0.374 e. The molecule has 4 heteroatoms. The molecule has 0 saturated heterocycles. The molecule has 1 amide bonds. The Hall–Kier alpha value is -1.03. The van der Waals surface area contributed by atoms with Crippen LogP contribution in [0.15, 0.2) is 22.7 Å². The van der Waals surface area contributed by atoms with Gasteiger partial charge in [0.05, 0.1) is 0 Å². The molecule has 18 heavy (non-hydrogen) atoms. The van der Waals surface area contributed by atoms with Crippen molar-refractivity contribution in [2.45, 2.75) is 46.2 Å². The van der Waals surface area contributed by atoms with Gasteiger partial charge in [0.15, 0.2) is 0 Å². The summed E-state index contributed by atoms with van der Waals surface area (Å²) >= 11 is 3.46. The first kappa shape index (κ1) is 15.0. The van der Waals surface area contributed by atoms with Crippen LogP contribution in [0.1, 0.15) is 33.3 Å². The molecular formula is C14H21BrN2O. The third-order valence-corrected chi connectivity index (χ3v) is 3.14. The van der Waals surface area contributed by atoms with Crippen LogP contribution in [0.4, 0.5) is 5.69 Å². The minimum atomic E-state index is -0.237. The van der Waals surface area contributed by atoms with Crippen molar-refractivity contribution in [3.63, 3.8) is 0 Å². The molecule has 0 aromatic heterocycles. The van der Waals surface area contributed by atoms with Gasteiger partial charge < -0.3 is 10.6 Å². The van der Waals surface area contributed by atoms with Gasteiger partial charge in [0.2, 0.25) is 5.91 Å². The first-order valence-corrected chi connectivity index (χ1v) is 7.08. The van der Waals surface area contributed by atoms with E-state index in [-0.39, 0.29) is 18.0 Å². The Labute approximate surface area is 117 Å². The van der Waals surface area contributed by atoms with Crippen LogP contribution in [0.2, 0.25) is 0 Å². The molecule has 1 unspecified atom stereocenters.